The average Bonchev–Trinajstić information content (AvgIpc) is 3.36. The SMILES string of the molecule is CC(C)n1nc(C(=O)N[C@@H]2CN3CCC2CC3)c2ccc(-c3nccs3)cc21. The van der Waals surface area contributed by atoms with Gasteiger partial charge in [-0.25, -0.2) is 4.98 Å². The summed E-state index contributed by atoms with van der Waals surface area (Å²) in [6, 6.07) is 6.57. The van der Waals surface area contributed by atoms with Crippen molar-refractivity contribution in [3.05, 3.63) is 35.5 Å². The average molecular weight is 396 g/mol. The maximum absolute atomic E-state index is 13.1. The molecule has 0 spiro atoms. The molecular weight excluding hydrogens is 370 g/mol. The molecule has 3 aromatic rings. The number of benzene rings is 1. The molecule has 6 rings (SSSR count). The Kier molecular flexibility index (Phi) is 4.44. The van der Waals surface area contributed by atoms with Crippen LogP contribution in [0.3, 0.4) is 0 Å². The fraction of sp³-hybridized carbons (Fsp3) is 0.476. The molecular formula is C21H25N5OS. The van der Waals surface area contributed by atoms with E-state index in [1.165, 1.54) is 25.9 Å². The molecule has 1 aromatic carbocycles. The maximum atomic E-state index is 13.1. The highest BCUT2D eigenvalue weighted by molar-refractivity contribution is 7.13. The minimum absolute atomic E-state index is 0.0508. The van der Waals surface area contributed by atoms with E-state index in [1.807, 2.05) is 28.4 Å². The Balaban J connectivity index is 1.49. The van der Waals surface area contributed by atoms with Crippen LogP contribution in [0.25, 0.3) is 21.5 Å². The van der Waals surface area contributed by atoms with Gasteiger partial charge in [-0.3, -0.25) is 9.48 Å². The van der Waals surface area contributed by atoms with Gasteiger partial charge in [0.15, 0.2) is 5.69 Å². The molecule has 0 saturated carbocycles. The molecule has 2 aromatic heterocycles. The predicted molar refractivity (Wildman–Crippen MR) is 112 cm³/mol. The second-order valence-electron chi connectivity index (χ2n) is 8.17. The monoisotopic (exact) mass is 395 g/mol. The summed E-state index contributed by atoms with van der Waals surface area (Å²) in [6.45, 7) is 7.49. The largest absolute Gasteiger partial charge is 0.346 e. The van der Waals surface area contributed by atoms with Gasteiger partial charge in [0.1, 0.15) is 5.01 Å². The van der Waals surface area contributed by atoms with Crippen LogP contribution in [-0.2, 0) is 0 Å². The molecule has 1 amide bonds. The quantitative estimate of drug-likeness (QED) is 0.734. The highest BCUT2D eigenvalue weighted by atomic mass is 32.1. The molecule has 0 radical (unpaired) electrons. The van der Waals surface area contributed by atoms with Crippen LogP contribution in [0.15, 0.2) is 29.8 Å². The fourth-order valence-electron chi connectivity index (χ4n) is 4.56. The van der Waals surface area contributed by atoms with Crippen molar-refractivity contribution in [2.75, 3.05) is 19.6 Å². The number of piperidine rings is 3. The van der Waals surface area contributed by atoms with Gasteiger partial charge in [0, 0.05) is 41.2 Å². The van der Waals surface area contributed by atoms with Gasteiger partial charge in [0.25, 0.3) is 5.91 Å². The zero-order valence-corrected chi connectivity index (χ0v) is 17.1. The number of nitrogens with zero attached hydrogens (tertiary/aromatic N) is 4. The van der Waals surface area contributed by atoms with Crippen LogP contribution in [-0.4, -0.2) is 51.2 Å². The number of thiazole rings is 1. The molecule has 3 fully saturated rings. The molecule has 3 saturated heterocycles. The third kappa shape index (κ3) is 3.02. The van der Waals surface area contributed by atoms with E-state index in [9.17, 15) is 4.79 Å². The number of carbonyl (C=O) groups excluding carboxylic acids is 1. The highest BCUT2D eigenvalue weighted by Crippen LogP contribution is 2.30. The van der Waals surface area contributed by atoms with Crippen molar-refractivity contribution < 1.29 is 4.79 Å². The van der Waals surface area contributed by atoms with Crippen LogP contribution in [0.2, 0.25) is 0 Å². The number of rotatable bonds is 4. The summed E-state index contributed by atoms with van der Waals surface area (Å²) in [5, 5.41) is 11.9. The number of fused-ring (bicyclic) bond motifs is 4. The minimum atomic E-state index is -0.0508. The number of carbonyl (C=O) groups is 1. The van der Waals surface area contributed by atoms with Gasteiger partial charge in [0.2, 0.25) is 0 Å². The predicted octanol–water partition coefficient (Wildman–Crippen LogP) is 3.56. The summed E-state index contributed by atoms with van der Waals surface area (Å²) in [6.07, 6.45) is 4.18. The summed E-state index contributed by atoms with van der Waals surface area (Å²) < 4.78 is 1.96. The van der Waals surface area contributed by atoms with Crippen molar-refractivity contribution in [1.82, 2.24) is 25.0 Å². The molecule has 0 unspecified atom stereocenters. The molecule has 3 aliphatic rings. The molecule has 6 nitrogen and oxygen atoms in total. The lowest BCUT2D eigenvalue weighted by Crippen LogP contribution is -2.57. The smallest absolute Gasteiger partial charge is 0.272 e. The molecule has 1 atom stereocenters. The molecule has 146 valence electrons. The van der Waals surface area contributed by atoms with Gasteiger partial charge in [-0.2, -0.15) is 5.10 Å². The number of hydrogen-bond acceptors (Lipinski definition) is 5. The van der Waals surface area contributed by atoms with Gasteiger partial charge < -0.3 is 10.2 Å². The standard InChI is InChI=1S/C21H25N5OS/c1-13(2)26-18-11-15(21-22-7-10-28-21)3-4-16(18)19(24-26)20(27)23-17-12-25-8-5-14(17)6-9-25/h3-4,7,10-11,13-14,17H,5-6,8-9,12H2,1-2H3,(H,23,27)/t17-/m1/s1. The summed E-state index contributed by atoms with van der Waals surface area (Å²) in [5.41, 5.74) is 2.58. The Morgan fingerprint density at radius 3 is 2.75 bits per heavy atom. The zero-order valence-electron chi connectivity index (χ0n) is 16.3. The summed E-state index contributed by atoms with van der Waals surface area (Å²) in [7, 11) is 0. The minimum Gasteiger partial charge on any atom is -0.346 e. The normalized spacial score (nSPS) is 24.2. The molecule has 5 heterocycles. The maximum Gasteiger partial charge on any atom is 0.272 e. The Morgan fingerprint density at radius 1 is 1.29 bits per heavy atom. The zero-order chi connectivity index (χ0) is 19.3. The van der Waals surface area contributed by atoms with Gasteiger partial charge in [0.05, 0.1) is 5.52 Å². The van der Waals surface area contributed by atoms with Crippen LogP contribution in [0.5, 0.6) is 0 Å². The number of amides is 1. The van der Waals surface area contributed by atoms with E-state index >= 15 is 0 Å². The molecule has 1 N–H and O–H groups in total. The topological polar surface area (TPSA) is 63.1 Å². The van der Waals surface area contributed by atoms with E-state index in [4.69, 9.17) is 5.10 Å². The summed E-state index contributed by atoms with van der Waals surface area (Å²) in [5.74, 6) is 0.550. The Bertz CT molecular complexity index is 1000. The lowest BCUT2D eigenvalue weighted by molar-refractivity contribution is 0.0618. The third-order valence-electron chi connectivity index (χ3n) is 6.06. The molecule has 0 aliphatic carbocycles. The highest BCUT2D eigenvalue weighted by Gasteiger charge is 2.35. The lowest BCUT2D eigenvalue weighted by atomic mass is 9.84. The van der Waals surface area contributed by atoms with Gasteiger partial charge in [-0.05, 0) is 57.8 Å². The summed E-state index contributed by atoms with van der Waals surface area (Å²) in [4.78, 5) is 20.0. The van der Waals surface area contributed by atoms with Crippen molar-refractivity contribution >= 4 is 28.1 Å². The first-order valence-electron chi connectivity index (χ1n) is 10.1. The van der Waals surface area contributed by atoms with Crippen LogP contribution < -0.4 is 5.32 Å². The third-order valence-corrected chi connectivity index (χ3v) is 6.89. The van der Waals surface area contributed by atoms with Crippen molar-refractivity contribution in [3.63, 3.8) is 0 Å². The van der Waals surface area contributed by atoms with Crippen LogP contribution >= 0.6 is 11.3 Å². The van der Waals surface area contributed by atoms with Gasteiger partial charge in [-0.1, -0.05) is 6.07 Å². The van der Waals surface area contributed by atoms with Crippen molar-refractivity contribution in [2.45, 2.75) is 38.8 Å². The number of aromatic nitrogens is 3. The first-order valence-corrected chi connectivity index (χ1v) is 10.9. The second-order valence-corrected chi connectivity index (χ2v) is 9.07. The van der Waals surface area contributed by atoms with E-state index in [0.717, 1.165) is 28.0 Å². The van der Waals surface area contributed by atoms with Crippen LogP contribution in [0.1, 0.15) is 43.2 Å². The Morgan fingerprint density at radius 2 is 2.11 bits per heavy atom. The molecule has 28 heavy (non-hydrogen) atoms. The van der Waals surface area contributed by atoms with E-state index in [0.29, 0.717) is 11.6 Å². The van der Waals surface area contributed by atoms with Crippen molar-refractivity contribution in [2.24, 2.45) is 5.92 Å². The van der Waals surface area contributed by atoms with E-state index in [2.05, 4.69) is 35.1 Å². The fourth-order valence-corrected chi connectivity index (χ4v) is 5.20. The first-order chi connectivity index (χ1) is 13.6. The Labute approximate surface area is 168 Å². The Hall–Kier alpha value is -2.25. The molecule has 3 aliphatic heterocycles. The summed E-state index contributed by atoms with van der Waals surface area (Å²) >= 11 is 1.62. The number of hydrogen-bond donors (Lipinski definition) is 1. The van der Waals surface area contributed by atoms with Crippen LogP contribution in [0.4, 0.5) is 0 Å². The second kappa shape index (κ2) is 6.97. The van der Waals surface area contributed by atoms with Crippen LogP contribution in [0, 0.1) is 5.92 Å². The van der Waals surface area contributed by atoms with Crippen molar-refractivity contribution in [1.29, 1.82) is 0 Å². The van der Waals surface area contributed by atoms with Crippen molar-refractivity contribution in [3.8, 4) is 10.6 Å². The first kappa shape index (κ1) is 17.8. The van der Waals surface area contributed by atoms with E-state index in [1.54, 1.807) is 11.3 Å². The molecule has 2 bridgehead atoms. The van der Waals surface area contributed by atoms with E-state index < -0.39 is 0 Å². The number of nitrogens with one attached hydrogen (secondary N) is 1. The van der Waals surface area contributed by atoms with Gasteiger partial charge >= 0.3 is 0 Å². The molecule has 7 heteroatoms. The lowest BCUT2D eigenvalue weighted by Gasteiger charge is -2.44. The van der Waals surface area contributed by atoms with E-state index in [-0.39, 0.29) is 18.0 Å². The van der Waals surface area contributed by atoms with Gasteiger partial charge in [-0.15, -0.1) is 11.3 Å².